The Morgan fingerprint density at radius 3 is 2.63 bits per heavy atom. The number of anilines is 1. The van der Waals surface area contributed by atoms with Crippen molar-refractivity contribution in [2.45, 2.75) is 0 Å². The van der Waals surface area contributed by atoms with Gasteiger partial charge in [0.15, 0.2) is 5.82 Å². The summed E-state index contributed by atoms with van der Waals surface area (Å²) in [5.41, 5.74) is 0.485. The molecular weight excluding hydrogens is 245 g/mol. The number of rotatable bonds is 2. The topological polar surface area (TPSA) is 46.0 Å². The Morgan fingerprint density at radius 2 is 1.89 bits per heavy atom. The van der Waals surface area contributed by atoms with Gasteiger partial charge < -0.3 is 10.2 Å². The van der Waals surface area contributed by atoms with Crippen LogP contribution in [-0.4, -0.2) is 40.9 Å². The average Bonchev–Trinajstić information content (AvgIpc) is 2.82. The quantitative estimate of drug-likeness (QED) is 0.877. The first kappa shape index (κ1) is 12.1. The Kier molecular flexibility index (Phi) is 3.16. The Hall–Kier alpha value is -1.95. The highest BCUT2D eigenvalue weighted by Crippen LogP contribution is 2.23. The van der Waals surface area contributed by atoms with Crippen LogP contribution in [0.5, 0.6) is 0 Å². The van der Waals surface area contributed by atoms with E-state index in [0.29, 0.717) is 11.4 Å². The van der Waals surface area contributed by atoms with Gasteiger partial charge in [0.25, 0.3) is 0 Å². The maximum absolute atomic E-state index is 13.8. The summed E-state index contributed by atoms with van der Waals surface area (Å²) in [6.45, 7) is 3.65. The average molecular weight is 261 g/mol. The third-order valence-electron chi connectivity index (χ3n) is 3.37. The van der Waals surface area contributed by atoms with E-state index in [1.165, 1.54) is 6.07 Å². The van der Waals surface area contributed by atoms with Crippen molar-refractivity contribution in [2.75, 3.05) is 31.1 Å². The molecule has 0 radical (unpaired) electrons. The van der Waals surface area contributed by atoms with Crippen molar-refractivity contribution in [3.63, 3.8) is 0 Å². The summed E-state index contributed by atoms with van der Waals surface area (Å²) in [6, 6.07) is 6.64. The molecule has 1 aromatic heterocycles. The highest BCUT2D eigenvalue weighted by molar-refractivity contribution is 5.58. The Balaban J connectivity index is 1.97. The van der Waals surface area contributed by atoms with Gasteiger partial charge in [-0.3, -0.25) is 4.57 Å². The normalized spacial score (nSPS) is 15.8. The molecule has 0 atom stereocenters. The largest absolute Gasteiger partial charge is 0.338 e. The lowest BCUT2D eigenvalue weighted by molar-refractivity contribution is 0.573. The maximum Gasteiger partial charge on any atom is 0.227 e. The highest BCUT2D eigenvalue weighted by Gasteiger charge is 2.19. The third kappa shape index (κ3) is 2.19. The monoisotopic (exact) mass is 261 g/mol. The van der Waals surface area contributed by atoms with Gasteiger partial charge in [0.05, 0.1) is 5.56 Å². The molecule has 1 N–H and O–H groups in total. The zero-order valence-electron chi connectivity index (χ0n) is 10.8. The SMILES string of the molecule is Cn1c(-c2ccccc2F)nnc1N1CCNCC1. The van der Waals surface area contributed by atoms with E-state index in [9.17, 15) is 4.39 Å². The van der Waals surface area contributed by atoms with Crippen LogP contribution in [0.1, 0.15) is 0 Å². The van der Waals surface area contributed by atoms with E-state index in [2.05, 4.69) is 20.4 Å². The Labute approximate surface area is 111 Å². The second kappa shape index (κ2) is 4.97. The number of nitrogens with one attached hydrogen (secondary N) is 1. The molecule has 1 fully saturated rings. The van der Waals surface area contributed by atoms with Gasteiger partial charge in [-0.25, -0.2) is 4.39 Å². The van der Waals surface area contributed by atoms with Crippen molar-refractivity contribution < 1.29 is 4.39 Å². The lowest BCUT2D eigenvalue weighted by Crippen LogP contribution is -2.44. The molecule has 2 aromatic rings. The van der Waals surface area contributed by atoms with Crippen LogP contribution in [0.4, 0.5) is 10.3 Å². The van der Waals surface area contributed by atoms with Gasteiger partial charge in [-0.05, 0) is 12.1 Å². The molecule has 1 saturated heterocycles. The summed E-state index contributed by atoms with van der Waals surface area (Å²) >= 11 is 0. The van der Waals surface area contributed by atoms with E-state index in [4.69, 9.17) is 0 Å². The Morgan fingerprint density at radius 1 is 1.16 bits per heavy atom. The summed E-state index contributed by atoms with van der Waals surface area (Å²) in [5.74, 6) is 1.08. The molecule has 5 nitrogen and oxygen atoms in total. The fraction of sp³-hybridized carbons (Fsp3) is 0.385. The number of hydrogen-bond donors (Lipinski definition) is 1. The molecule has 6 heteroatoms. The van der Waals surface area contributed by atoms with Crippen LogP contribution >= 0.6 is 0 Å². The van der Waals surface area contributed by atoms with Crippen molar-refractivity contribution in [3.8, 4) is 11.4 Å². The summed E-state index contributed by atoms with van der Waals surface area (Å²) in [7, 11) is 1.87. The third-order valence-corrected chi connectivity index (χ3v) is 3.37. The van der Waals surface area contributed by atoms with E-state index in [-0.39, 0.29) is 5.82 Å². The van der Waals surface area contributed by atoms with Crippen molar-refractivity contribution in [3.05, 3.63) is 30.1 Å². The summed E-state index contributed by atoms with van der Waals surface area (Å²) in [4.78, 5) is 2.16. The second-order valence-electron chi connectivity index (χ2n) is 4.60. The summed E-state index contributed by atoms with van der Waals surface area (Å²) < 4.78 is 15.7. The van der Waals surface area contributed by atoms with Crippen LogP contribution < -0.4 is 10.2 Å². The molecule has 2 heterocycles. The predicted octanol–water partition coefficient (Wildman–Crippen LogP) is 1.03. The number of benzene rings is 1. The van der Waals surface area contributed by atoms with Crippen LogP contribution in [0.15, 0.2) is 24.3 Å². The fourth-order valence-electron chi connectivity index (χ4n) is 2.34. The van der Waals surface area contributed by atoms with Crippen molar-refractivity contribution in [1.82, 2.24) is 20.1 Å². The number of nitrogens with zero attached hydrogens (tertiary/aromatic N) is 4. The Bertz CT molecular complexity index is 574. The van der Waals surface area contributed by atoms with E-state index >= 15 is 0 Å². The highest BCUT2D eigenvalue weighted by atomic mass is 19.1. The molecule has 19 heavy (non-hydrogen) atoms. The van der Waals surface area contributed by atoms with Crippen molar-refractivity contribution in [2.24, 2.45) is 7.05 Å². The van der Waals surface area contributed by atoms with Crippen molar-refractivity contribution in [1.29, 1.82) is 0 Å². The molecule has 1 aliphatic rings. The second-order valence-corrected chi connectivity index (χ2v) is 4.60. The van der Waals surface area contributed by atoms with Gasteiger partial charge in [-0.2, -0.15) is 0 Å². The molecule has 0 unspecified atom stereocenters. The molecule has 0 amide bonds. The summed E-state index contributed by atoms with van der Waals surface area (Å²) in [5, 5.41) is 11.6. The first-order valence-electron chi connectivity index (χ1n) is 6.37. The van der Waals surface area contributed by atoms with Crippen LogP contribution in [0.2, 0.25) is 0 Å². The van der Waals surface area contributed by atoms with E-state index in [1.807, 2.05) is 11.6 Å². The molecule has 1 aromatic carbocycles. The van der Waals surface area contributed by atoms with Crippen LogP contribution in [-0.2, 0) is 7.05 Å². The van der Waals surface area contributed by atoms with Gasteiger partial charge in [0.1, 0.15) is 5.82 Å². The minimum Gasteiger partial charge on any atom is -0.338 e. The zero-order chi connectivity index (χ0) is 13.2. The maximum atomic E-state index is 13.8. The van der Waals surface area contributed by atoms with Crippen molar-refractivity contribution >= 4 is 5.95 Å². The standard InChI is InChI=1S/C13H16FN5/c1-18-12(10-4-2-3-5-11(10)14)16-17-13(18)19-8-6-15-7-9-19/h2-5,15H,6-9H2,1H3. The molecule has 0 saturated carbocycles. The first-order chi connectivity index (χ1) is 9.27. The number of aromatic nitrogens is 3. The molecule has 1 aliphatic heterocycles. The molecule has 0 bridgehead atoms. The molecule has 3 rings (SSSR count). The van der Waals surface area contributed by atoms with Gasteiger partial charge in [-0.15, -0.1) is 10.2 Å². The van der Waals surface area contributed by atoms with Crippen LogP contribution in [0.3, 0.4) is 0 Å². The minimum atomic E-state index is -0.273. The smallest absolute Gasteiger partial charge is 0.227 e. The number of halogens is 1. The molecular formula is C13H16FN5. The lowest BCUT2D eigenvalue weighted by atomic mass is 10.2. The van der Waals surface area contributed by atoms with Crippen LogP contribution in [0, 0.1) is 5.82 Å². The van der Waals surface area contributed by atoms with Gasteiger partial charge in [0.2, 0.25) is 5.95 Å². The first-order valence-corrected chi connectivity index (χ1v) is 6.37. The van der Waals surface area contributed by atoms with Gasteiger partial charge >= 0.3 is 0 Å². The molecule has 0 spiro atoms. The summed E-state index contributed by atoms with van der Waals surface area (Å²) in [6.07, 6.45) is 0. The van der Waals surface area contributed by atoms with Gasteiger partial charge in [-0.1, -0.05) is 12.1 Å². The lowest BCUT2D eigenvalue weighted by Gasteiger charge is -2.27. The molecule has 0 aliphatic carbocycles. The predicted molar refractivity (Wildman–Crippen MR) is 71.5 cm³/mol. The van der Waals surface area contributed by atoms with E-state index < -0.39 is 0 Å². The minimum absolute atomic E-state index is 0.273. The van der Waals surface area contributed by atoms with Gasteiger partial charge in [0, 0.05) is 33.2 Å². The number of piperazine rings is 1. The number of hydrogen-bond acceptors (Lipinski definition) is 4. The van der Waals surface area contributed by atoms with E-state index in [0.717, 1.165) is 32.1 Å². The fourth-order valence-corrected chi connectivity index (χ4v) is 2.34. The zero-order valence-corrected chi connectivity index (χ0v) is 10.8. The molecule has 100 valence electrons. The van der Waals surface area contributed by atoms with E-state index in [1.54, 1.807) is 18.2 Å². The van der Waals surface area contributed by atoms with Crippen LogP contribution in [0.25, 0.3) is 11.4 Å².